The van der Waals surface area contributed by atoms with E-state index in [1.807, 2.05) is 103 Å². The molecule has 6 aromatic carbocycles. The summed E-state index contributed by atoms with van der Waals surface area (Å²) in [6.45, 7) is 0. The van der Waals surface area contributed by atoms with E-state index in [4.69, 9.17) is 14.2 Å². The maximum atomic E-state index is 14.2. The maximum absolute atomic E-state index is 14.2. The molecule has 5 nitrogen and oxygen atoms in total. The second-order valence-electron chi connectivity index (χ2n) is 11.6. The quantitative estimate of drug-likeness (QED) is 0.0922. The predicted molar refractivity (Wildman–Crippen MR) is 200 cm³/mol. The zero-order valence-corrected chi connectivity index (χ0v) is 27.9. The Balaban J connectivity index is 1.50. The Labute approximate surface area is 287 Å². The number of hydrogen-bond acceptors (Lipinski definition) is 4. The minimum absolute atomic E-state index is 0.149. The monoisotopic (exact) mass is 658 g/mol. The van der Waals surface area contributed by atoms with Crippen molar-refractivity contribution in [3.8, 4) is 23.3 Å². The van der Waals surface area contributed by atoms with Crippen molar-refractivity contribution in [3.05, 3.63) is 181 Å². The van der Waals surface area contributed by atoms with E-state index in [0.29, 0.717) is 11.5 Å². The van der Waals surface area contributed by atoms with Gasteiger partial charge in [-0.2, -0.15) is 0 Å². The molecule has 6 aromatic rings. The number of hydrogen-bond donors (Lipinski definition) is 0. The van der Waals surface area contributed by atoms with E-state index < -0.39 is 25.2 Å². The predicted octanol–water partition coefficient (Wildman–Crippen LogP) is 7.46. The third kappa shape index (κ3) is 6.52. The first-order chi connectivity index (χ1) is 24.2. The Morgan fingerprint density at radius 2 is 1.08 bits per heavy atom. The summed E-state index contributed by atoms with van der Waals surface area (Å²) < 4.78 is 17.9. The summed E-state index contributed by atoms with van der Waals surface area (Å²) in [6, 6.07) is 57.1. The lowest BCUT2D eigenvalue weighted by atomic mass is 9.90. The van der Waals surface area contributed by atoms with Crippen LogP contribution in [0, 0.1) is 11.8 Å². The molecular formula is C43H35N2O3P. The summed E-state index contributed by atoms with van der Waals surface area (Å²) in [7, 11) is -1.08. The Hall–Kier alpha value is -5.82. The van der Waals surface area contributed by atoms with Crippen molar-refractivity contribution < 1.29 is 14.3 Å². The molecule has 0 aromatic heterocycles. The number of anilines is 1. The normalized spacial score (nSPS) is 16.0. The molecule has 0 bridgehead atoms. The van der Waals surface area contributed by atoms with Gasteiger partial charge in [0, 0.05) is 27.2 Å². The molecule has 0 N–H and O–H groups in total. The highest BCUT2D eigenvalue weighted by molar-refractivity contribution is 7.87. The fourth-order valence-corrected chi connectivity index (χ4v) is 9.90. The molecule has 1 fully saturated rings. The Morgan fingerprint density at radius 3 is 1.57 bits per heavy atom. The highest BCUT2D eigenvalue weighted by atomic mass is 31.2. The fraction of sp³-hybridized carbons (Fsp3) is 0.0930. The Kier molecular flexibility index (Phi) is 9.41. The highest BCUT2D eigenvalue weighted by Crippen LogP contribution is 2.49. The number of benzene rings is 6. The van der Waals surface area contributed by atoms with Gasteiger partial charge in [-0.15, -0.1) is 0 Å². The molecule has 7 rings (SSSR count). The molecule has 0 unspecified atom stereocenters. The van der Waals surface area contributed by atoms with Gasteiger partial charge in [-0.05, 0) is 48.5 Å². The lowest BCUT2D eigenvalue weighted by Gasteiger charge is -2.48. The van der Waals surface area contributed by atoms with E-state index in [9.17, 15) is 4.79 Å². The zero-order valence-electron chi connectivity index (χ0n) is 27.0. The molecular weight excluding hydrogens is 623 g/mol. The van der Waals surface area contributed by atoms with Crippen molar-refractivity contribution in [2.45, 2.75) is 18.2 Å². The van der Waals surface area contributed by atoms with Gasteiger partial charge in [0.15, 0.2) is 0 Å². The van der Waals surface area contributed by atoms with Gasteiger partial charge >= 0.3 is 0 Å². The molecule has 49 heavy (non-hydrogen) atoms. The number of carbonyl (C=O) groups excluding carboxylic acids is 1. The van der Waals surface area contributed by atoms with Gasteiger partial charge in [0.25, 0.3) is 5.91 Å². The highest BCUT2D eigenvalue weighted by Gasteiger charge is 2.54. The van der Waals surface area contributed by atoms with Crippen LogP contribution in [0.4, 0.5) is 5.69 Å². The summed E-state index contributed by atoms with van der Waals surface area (Å²) in [4.78, 5) is 16.0. The third-order valence-electron chi connectivity index (χ3n) is 8.59. The molecule has 1 aliphatic rings. The Bertz CT molecular complexity index is 2010. The van der Waals surface area contributed by atoms with Gasteiger partial charge < -0.3 is 9.47 Å². The number of nitrogens with zero attached hydrogens (tertiary/aromatic N) is 2. The van der Waals surface area contributed by atoms with Crippen molar-refractivity contribution >= 4 is 34.6 Å². The summed E-state index contributed by atoms with van der Waals surface area (Å²) >= 11 is 0. The van der Waals surface area contributed by atoms with Crippen LogP contribution in [-0.4, -0.2) is 31.2 Å². The lowest BCUT2D eigenvalue weighted by molar-refractivity contribution is -0.134. The fourth-order valence-electron chi connectivity index (χ4n) is 6.22. The SMILES string of the molecule is COc1ccc(N2C(=O)[C@H](Oc3ccccc3)[C@@H]2[C@H](C#Cc2ccccc2)N=P(c2ccccc2)(c2ccccc2)c2ccccc2)cc1. The molecule has 1 saturated heterocycles. The van der Waals surface area contributed by atoms with Crippen LogP contribution in [-0.2, 0) is 4.79 Å². The number of amides is 1. The van der Waals surface area contributed by atoms with E-state index in [1.165, 1.54) is 0 Å². The van der Waals surface area contributed by atoms with Crippen LogP contribution in [0.25, 0.3) is 0 Å². The van der Waals surface area contributed by atoms with Gasteiger partial charge in [0.1, 0.15) is 23.6 Å². The molecule has 6 heteroatoms. The van der Waals surface area contributed by atoms with Crippen molar-refractivity contribution in [2.75, 3.05) is 12.0 Å². The van der Waals surface area contributed by atoms with Crippen LogP contribution in [0.2, 0.25) is 0 Å². The van der Waals surface area contributed by atoms with Crippen LogP contribution in [0.1, 0.15) is 5.56 Å². The van der Waals surface area contributed by atoms with Crippen molar-refractivity contribution in [3.63, 3.8) is 0 Å². The van der Waals surface area contributed by atoms with Crippen LogP contribution in [0.3, 0.4) is 0 Å². The standard InChI is InChI=1S/C43H35N2O3P/c1-47-35-30-28-34(29-31-35)45-41(42(43(45)46)48-36-19-9-3-10-20-36)40(32-27-33-17-7-2-8-18-33)44-49(37-21-11-4-12-22-37,38-23-13-5-14-24-38)39-25-15-6-16-26-39/h2-26,28-31,40-42H,1H3/t40-,41-,42+/m0/s1. The molecule has 1 amide bonds. The van der Waals surface area contributed by atoms with Crippen LogP contribution >= 0.6 is 7.05 Å². The summed E-state index contributed by atoms with van der Waals surface area (Å²) in [5.74, 6) is 8.17. The number of rotatable bonds is 9. The molecule has 240 valence electrons. The van der Waals surface area contributed by atoms with Gasteiger partial charge in [-0.1, -0.05) is 139 Å². The average molecular weight is 659 g/mol. The van der Waals surface area contributed by atoms with E-state index >= 15 is 0 Å². The first-order valence-electron chi connectivity index (χ1n) is 16.2. The minimum Gasteiger partial charge on any atom is -0.497 e. The van der Waals surface area contributed by atoms with Crippen molar-refractivity contribution in [1.29, 1.82) is 0 Å². The largest absolute Gasteiger partial charge is 0.497 e. The van der Waals surface area contributed by atoms with E-state index in [2.05, 4.69) is 84.6 Å². The molecule has 3 atom stereocenters. The van der Waals surface area contributed by atoms with Crippen LogP contribution in [0.15, 0.2) is 181 Å². The molecule has 0 radical (unpaired) electrons. The van der Waals surface area contributed by atoms with Gasteiger partial charge in [-0.3, -0.25) is 14.4 Å². The van der Waals surface area contributed by atoms with Crippen LogP contribution < -0.4 is 30.3 Å². The topological polar surface area (TPSA) is 51.1 Å². The minimum atomic E-state index is -2.71. The van der Waals surface area contributed by atoms with Crippen molar-refractivity contribution in [2.24, 2.45) is 4.74 Å². The number of carbonyl (C=O) groups is 1. The third-order valence-corrected chi connectivity index (χ3v) is 12.3. The second-order valence-corrected chi connectivity index (χ2v) is 14.6. The van der Waals surface area contributed by atoms with Crippen molar-refractivity contribution in [1.82, 2.24) is 0 Å². The molecule has 0 spiro atoms. The number of β-lactam (4-membered cyclic amide) rings is 1. The van der Waals surface area contributed by atoms with Gasteiger partial charge in [0.2, 0.25) is 6.10 Å². The first kappa shape index (κ1) is 31.8. The number of para-hydroxylation sites is 1. The van der Waals surface area contributed by atoms with E-state index in [0.717, 1.165) is 27.2 Å². The van der Waals surface area contributed by atoms with Crippen LogP contribution in [0.5, 0.6) is 11.5 Å². The molecule has 0 saturated carbocycles. The molecule has 0 aliphatic carbocycles. The molecule has 1 aliphatic heterocycles. The molecule has 1 heterocycles. The summed E-state index contributed by atoms with van der Waals surface area (Å²) in [6.07, 6.45) is -0.812. The number of ether oxygens (including phenoxy) is 2. The van der Waals surface area contributed by atoms with E-state index in [-0.39, 0.29) is 5.91 Å². The number of methoxy groups -OCH3 is 1. The first-order valence-corrected chi connectivity index (χ1v) is 18.0. The maximum Gasteiger partial charge on any atom is 0.270 e. The summed E-state index contributed by atoms with van der Waals surface area (Å²) in [5.41, 5.74) is 1.60. The summed E-state index contributed by atoms with van der Waals surface area (Å²) in [5, 5.41) is 3.29. The zero-order chi connectivity index (χ0) is 33.5. The average Bonchev–Trinajstić information content (AvgIpc) is 3.18. The Morgan fingerprint density at radius 1 is 0.612 bits per heavy atom. The second kappa shape index (κ2) is 14.5. The van der Waals surface area contributed by atoms with Gasteiger partial charge in [0.05, 0.1) is 14.2 Å². The van der Waals surface area contributed by atoms with E-state index in [1.54, 1.807) is 12.0 Å². The lowest BCUT2D eigenvalue weighted by Crippen LogP contribution is -2.71. The van der Waals surface area contributed by atoms with Gasteiger partial charge in [-0.25, -0.2) is 0 Å². The smallest absolute Gasteiger partial charge is 0.270 e.